The van der Waals surface area contributed by atoms with E-state index in [0.717, 1.165) is 0 Å². The van der Waals surface area contributed by atoms with Gasteiger partial charge in [-0.25, -0.2) is 9.07 Å². The summed E-state index contributed by atoms with van der Waals surface area (Å²) >= 11 is 0. The van der Waals surface area contributed by atoms with Crippen LogP contribution in [0.4, 0.5) is 10.1 Å². The van der Waals surface area contributed by atoms with Gasteiger partial charge in [-0.3, -0.25) is 9.59 Å². The molecule has 1 fully saturated rings. The number of hydrogen-bond acceptors (Lipinski definition) is 4. The van der Waals surface area contributed by atoms with Gasteiger partial charge in [0.1, 0.15) is 11.5 Å². The quantitative estimate of drug-likeness (QED) is 0.853. The van der Waals surface area contributed by atoms with Crippen molar-refractivity contribution in [3.63, 3.8) is 0 Å². The molecular formula is C17H19FN4O2. The van der Waals surface area contributed by atoms with Gasteiger partial charge in [0.05, 0.1) is 5.69 Å². The molecule has 3 rings (SSSR count). The number of anilines is 1. The molecule has 0 radical (unpaired) electrons. The molecule has 0 aliphatic carbocycles. The van der Waals surface area contributed by atoms with Crippen molar-refractivity contribution in [3.8, 4) is 0 Å². The molecule has 1 aliphatic heterocycles. The van der Waals surface area contributed by atoms with Crippen LogP contribution in [-0.2, 0) is 6.54 Å². The van der Waals surface area contributed by atoms with E-state index >= 15 is 0 Å². The molecule has 1 aliphatic rings. The van der Waals surface area contributed by atoms with Crippen LogP contribution in [0.15, 0.2) is 41.2 Å². The van der Waals surface area contributed by atoms with Crippen LogP contribution in [0.5, 0.6) is 0 Å². The Morgan fingerprint density at radius 3 is 2.50 bits per heavy atom. The summed E-state index contributed by atoms with van der Waals surface area (Å²) in [7, 11) is 0. The van der Waals surface area contributed by atoms with Gasteiger partial charge in [0.2, 0.25) is 0 Å². The second-order valence-corrected chi connectivity index (χ2v) is 5.60. The SMILES string of the molecule is CCn1nc(C(=O)N2CCN(c3ccccc3F)CC2)ccc1=O. The van der Waals surface area contributed by atoms with Crippen molar-refractivity contribution in [1.82, 2.24) is 14.7 Å². The standard InChI is InChI=1S/C17H19FN4O2/c1-2-22-16(23)8-7-14(19-22)17(24)21-11-9-20(10-12-21)15-6-4-3-5-13(15)18/h3-8H,2,9-12H2,1H3. The Labute approximate surface area is 139 Å². The third-order valence-electron chi connectivity index (χ3n) is 4.15. The Hall–Kier alpha value is -2.70. The monoisotopic (exact) mass is 330 g/mol. The highest BCUT2D eigenvalue weighted by Gasteiger charge is 2.24. The molecule has 0 N–H and O–H groups in total. The molecule has 6 nitrogen and oxygen atoms in total. The fourth-order valence-electron chi connectivity index (χ4n) is 2.81. The molecule has 24 heavy (non-hydrogen) atoms. The number of rotatable bonds is 3. The van der Waals surface area contributed by atoms with Gasteiger partial charge in [-0.05, 0) is 25.1 Å². The van der Waals surface area contributed by atoms with Crippen LogP contribution in [-0.4, -0.2) is 46.8 Å². The molecule has 0 unspecified atom stereocenters. The number of para-hydroxylation sites is 1. The zero-order valence-corrected chi connectivity index (χ0v) is 13.5. The summed E-state index contributed by atoms with van der Waals surface area (Å²) in [5.41, 5.74) is 0.594. The van der Waals surface area contributed by atoms with E-state index in [1.165, 1.54) is 22.9 Å². The Morgan fingerprint density at radius 1 is 1.12 bits per heavy atom. The summed E-state index contributed by atoms with van der Waals surface area (Å²) in [5, 5.41) is 4.10. The Morgan fingerprint density at radius 2 is 1.83 bits per heavy atom. The molecule has 0 bridgehead atoms. The van der Waals surface area contributed by atoms with Crippen molar-refractivity contribution in [2.45, 2.75) is 13.5 Å². The second kappa shape index (κ2) is 6.82. The van der Waals surface area contributed by atoms with E-state index in [-0.39, 0.29) is 23.0 Å². The van der Waals surface area contributed by atoms with Crippen LogP contribution in [0.25, 0.3) is 0 Å². The van der Waals surface area contributed by atoms with Gasteiger partial charge in [0, 0.05) is 38.8 Å². The largest absolute Gasteiger partial charge is 0.366 e. The summed E-state index contributed by atoms with van der Waals surface area (Å²) in [6.45, 7) is 4.30. The van der Waals surface area contributed by atoms with Crippen LogP contribution >= 0.6 is 0 Å². The number of carbonyl (C=O) groups is 1. The lowest BCUT2D eigenvalue weighted by molar-refractivity contribution is 0.0738. The van der Waals surface area contributed by atoms with Gasteiger partial charge < -0.3 is 9.80 Å². The van der Waals surface area contributed by atoms with Gasteiger partial charge in [0.15, 0.2) is 0 Å². The van der Waals surface area contributed by atoms with E-state index < -0.39 is 0 Å². The van der Waals surface area contributed by atoms with Crippen molar-refractivity contribution < 1.29 is 9.18 Å². The molecule has 1 aromatic carbocycles. The number of carbonyl (C=O) groups excluding carboxylic acids is 1. The Balaban J connectivity index is 1.69. The van der Waals surface area contributed by atoms with Crippen LogP contribution in [0.1, 0.15) is 17.4 Å². The van der Waals surface area contributed by atoms with Gasteiger partial charge in [0.25, 0.3) is 11.5 Å². The number of aromatic nitrogens is 2. The van der Waals surface area contributed by atoms with Gasteiger partial charge in [-0.15, -0.1) is 0 Å². The third-order valence-corrected chi connectivity index (χ3v) is 4.15. The molecule has 2 aromatic rings. The lowest BCUT2D eigenvalue weighted by atomic mass is 10.2. The summed E-state index contributed by atoms with van der Waals surface area (Å²) in [4.78, 5) is 27.7. The minimum Gasteiger partial charge on any atom is -0.366 e. The zero-order valence-electron chi connectivity index (χ0n) is 13.5. The van der Waals surface area contributed by atoms with Crippen LogP contribution in [0.3, 0.4) is 0 Å². The second-order valence-electron chi connectivity index (χ2n) is 5.60. The summed E-state index contributed by atoms with van der Waals surface area (Å²) < 4.78 is 15.1. The van der Waals surface area contributed by atoms with E-state index in [4.69, 9.17) is 0 Å². The predicted molar refractivity (Wildman–Crippen MR) is 88.7 cm³/mol. The highest BCUT2D eigenvalue weighted by Crippen LogP contribution is 2.20. The van der Waals surface area contributed by atoms with Crippen molar-refractivity contribution in [2.24, 2.45) is 0 Å². The molecule has 1 saturated heterocycles. The number of amides is 1. The van der Waals surface area contributed by atoms with Gasteiger partial charge in [-0.2, -0.15) is 5.10 Å². The topological polar surface area (TPSA) is 58.4 Å². The first kappa shape index (κ1) is 16.2. The Bertz CT molecular complexity index is 797. The smallest absolute Gasteiger partial charge is 0.274 e. The number of piperazine rings is 1. The summed E-state index contributed by atoms with van der Waals surface area (Å²) in [5.74, 6) is -0.459. The van der Waals surface area contributed by atoms with E-state index in [0.29, 0.717) is 38.4 Å². The average molecular weight is 330 g/mol. The minimum absolute atomic E-state index is 0.203. The number of hydrogen-bond donors (Lipinski definition) is 0. The van der Waals surface area contributed by atoms with Crippen LogP contribution < -0.4 is 10.5 Å². The van der Waals surface area contributed by atoms with E-state index in [2.05, 4.69) is 5.10 Å². The third kappa shape index (κ3) is 3.15. The average Bonchev–Trinajstić information content (AvgIpc) is 2.62. The number of benzene rings is 1. The molecule has 7 heteroatoms. The maximum atomic E-state index is 13.9. The number of aryl methyl sites for hydroxylation is 1. The van der Waals surface area contributed by atoms with E-state index in [9.17, 15) is 14.0 Å². The Kier molecular flexibility index (Phi) is 4.59. The fourth-order valence-corrected chi connectivity index (χ4v) is 2.81. The van der Waals surface area contributed by atoms with Crippen molar-refractivity contribution in [2.75, 3.05) is 31.1 Å². The molecule has 0 spiro atoms. The fraction of sp³-hybridized carbons (Fsp3) is 0.353. The molecule has 1 aromatic heterocycles. The first-order valence-corrected chi connectivity index (χ1v) is 7.97. The predicted octanol–water partition coefficient (Wildman–Crippen LogP) is 1.36. The molecule has 0 saturated carbocycles. The maximum absolute atomic E-state index is 13.9. The number of halogens is 1. The highest BCUT2D eigenvalue weighted by molar-refractivity contribution is 5.92. The van der Waals surface area contributed by atoms with Gasteiger partial charge in [-0.1, -0.05) is 12.1 Å². The minimum atomic E-state index is -0.256. The lowest BCUT2D eigenvalue weighted by Gasteiger charge is -2.36. The highest BCUT2D eigenvalue weighted by atomic mass is 19.1. The van der Waals surface area contributed by atoms with E-state index in [1.54, 1.807) is 30.0 Å². The molecule has 126 valence electrons. The number of nitrogens with zero attached hydrogens (tertiary/aromatic N) is 4. The lowest BCUT2D eigenvalue weighted by Crippen LogP contribution is -2.49. The van der Waals surface area contributed by atoms with Crippen LogP contribution in [0.2, 0.25) is 0 Å². The molecule has 2 heterocycles. The molecule has 1 amide bonds. The first-order chi connectivity index (χ1) is 11.6. The summed E-state index contributed by atoms with van der Waals surface area (Å²) in [6.07, 6.45) is 0. The van der Waals surface area contributed by atoms with Crippen molar-refractivity contribution in [3.05, 3.63) is 58.3 Å². The molecular weight excluding hydrogens is 311 g/mol. The molecule has 0 atom stereocenters. The zero-order chi connectivity index (χ0) is 17.1. The van der Waals surface area contributed by atoms with Crippen molar-refractivity contribution in [1.29, 1.82) is 0 Å². The van der Waals surface area contributed by atoms with E-state index in [1.807, 2.05) is 4.90 Å². The van der Waals surface area contributed by atoms with Crippen LogP contribution in [0, 0.1) is 5.82 Å². The summed E-state index contributed by atoms with van der Waals surface area (Å²) in [6, 6.07) is 9.45. The first-order valence-electron chi connectivity index (χ1n) is 7.97. The van der Waals surface area contributed by atoms with Gasteiger partial charge >= 0.3 is 0 Å². The van der Waals surface area contributed by atoms with Crippen molar-refractivity contribution >= 4 is 11.6 Å². The maximum Gasteiger partial charge on any atom is 0.274 e. The normalized spacial score (nSPS) is 14.8.